The van der Waals surface area contributed by atoms with Crippen LogP contribution in [0.2, 0.25) is 10.0 Å². The van der Waals surface area contributed by atoms with E-state index in [-0.39, 0.29) is 27.8 Å². The number of hydrogen-bond acceptors (Lipinski definition) is 5. The van der Waals surface area contributed by atoms with Crippen LogP contribution in [0.25, 0.3) is 0 Å². The highest BCUT2D eigenvalue weighted by atomic mass is 35.5. The van der Waals surface area contributed by atoms with Crippen LogP contribution >= 0.6 is 23.2 Å². The highest BCUT2D eigenvalue weighted by Gasteiger charge is 2.66. The maximum absolute atomic E-state index is 16.1. The summed E-state index contributed by atoms with van der Waals surface area (Å²) in [6.45, 7) is 8.68. The van der Waals surface area contributed by atoms with Crippen LogP contribution < -0.4 is 26.4 Å². The fourth-order valence-corrected chi connectivity index (χ4v) is 7.19. The molecule has 3 aromatic rings. The van der Waals surface area contributed by atoms with Crippen LogP contribution in [0.15, 0.2) is 54.6 Å². The number of nitrogens with two attached hydrogens (primary N) is 1. The van der Waals surface area contributed by atoms with Crippen molar-refractivity contribution >= 4 is 46.4 Å². The number of ether oxygens (including phenoxy) is 1. The van der Waals surface area contributed by atoms with Crippen LogP contribution in [0, 0.1) is 11.2 Å². The Balaban J connectivity index is 1.71. The van der Waals surface area contributed by atoms with Crippen molar-refractivity contribution in [1.29, 1.82) is 0 Å². The van der Waals surface area contributed by atoms with Gasteiger partial charge in [-0.2, -0.15) is 0 Å². The molecule has 2 heterocycles. The summed E-state index contributed by atoms with van der Waals surface area (Å²) in [7, 11) is 1.44. The first-order valence-electron chi connectivity index (χ1n) is 13.8. The van der Waals surface area contributed by atoms with Gasteiger partial charge in [-0.15, -0.1) is 0 Å². The molecule has 222 valence electrons. The van der Waals surface area contributed by atoms with Crippen LogP contribution in [0.3, 0.4) is 0 Å². The molecule has 0 bridgehead atoms. The molecule has 0 aromatic heterocycles. The first kappa shape index (κ1) is 30.1. The number of carbonyl (C=O) groups is 2. The second-order valence-corrected chi connectivity index (χ2v) is 13.4. The minimum absolute atomic E-state index is 0.0179. The third-order valence-electron chi connectivity index (χ3n) is 8.56. The number of fused-ring (bicyclic) bond motifs is 2. The first-order valence-corrected chi connectivity index (χ1v) is 14.5. The molecular weight excluding hydrogens is 578 g/mol. The molecule has 42 heavy (non-hydrogen) atoms. The quantitative estimate of drug-likeness (QED) is 0.254. The Bertz CT molecular complexity index is 1580. The maximum Gasteiger partial charge on any atom is 0.248 e. The van der Waals surface area contributed by atoms with E-state index in [9.17, 15) is 9.59 Å². The summed E-state index contributed by atoms with van der Waals surface area (Å²) in [6.07, 6.45) is 0.689. The second-order valence-electron chi connectivity index (χ2n) is 12.6. The Labute approximate surface area is 255 Å². The number of benzene rings is 3. The van der Waals surface area contributed by atoms with Crippen molar-refractivity contribution in [2.75, 3.05) is 24.3 Å². The monoisotopic (exact) mass is 612 g/mol. The SMILES string of the molecule is COc1cc(C(N)=O)ccc1NC(=O)[C@@]1(C)N[C@H](CC(C)(C)C)[C@]2(CNc3cc(Cl)ccc32)[C@@H]1c1cccc(Cl)c1F. The van der Waals surface area contributed by atoms with Crippen LogP contribution in [-0.2, 0) is 10.2 Å². The van der Waals surface area contributed by atoms with E-state index in [2.05, 4.69) is 36.7 Å². The second kappa shape index (κ2) is 10.7. The Morgan fingerprint density at radius 3 is 2.55 bits per heavy atom. The molecule has 5 rings (SSSR count). The Hall–Kier alpha value is -3.33. The summed E-state index contributed by atoms with van der Waals surface area (Å²) < 4.78 is 21.5. The fourth-order valence-electron chi connectivity index (χ4n) is 6.84. The van der Waals surface area contributed by atoms with Crippen LogP contribution in [0.4, 0.5) is 15.8 Å². The standard InChI is InChI=1S/C32H35Cl2FN4O3/c1-30(2,3)15-25-32(16-37-23-14-18(33)10-11-20(23)32)27(19-7-6-8-21(34)26(19)35)31(4,39-25)29(41)38-22-12-9-17(28(36)40)13-24(22)42-5/h6-14,25,27,37,39H,15-16H2,1-5H3,(H2,36,40)(H,38,41)/t25-,27-,31+,32-/m1/s1. The van der Waals surface area contributed by atoms with Gasteiger partial charge in [-0.25, -0.2) is 4.39 Å². The van der Waals surface area contributed by atoms with E-state index in [1.165, 1.54) is 25.3 Å². The molecule has 4 atom stereocenters. The van der Waals surface area contributed by atoms with E-state index >= 15 is 4.39 Å². The number of carbonyl (C=O) groups excluding carboxylic acids is 2. The smallest absolute Gasteiger partial charge is 0.248 e. The van der Waals surface area contributed by atoms with Crippen molar-refractivity contribution < 1.29 is 18.7 Å². The lowest BCUT2D eigenvalue weighted by molar-refractivity contribution is -0.122. The Morgan fingerprint density at radius 1 is 1.14 bits per heavy atom. The van der Waals surface area contributed by atoms with E-state index in [0.717, 1.165) is 11.3 Å². The predicted molar refractivity (Wildman–Crippen MR) is 165 cm³/mol. The predicted octanol–water partition coefficient (Wildman–Crippen LogP) is 6.49. The molecule has 1 spiro atoms. The number of amides is 2. The van der Waals surface area contributed by atoms with E-state index in [0.29, 0.717) is 29.2 Å². The third-order valence-corrected chi connectivity index (χ3v) is 9.08. The van der Waals surface area contributed by atoms with Crippen molar-refractivity contribution in [1.82, 2.24) is 5.32 Å². The molecule has 1 fully saturated rings. The van der Waals surface area contributed by atoms with Gasteiger partial charge in [0.1, 0.15) is 17.1 Å². The zero-order valence-corrected chi connectivity index (χ0v) is 25.7. The summed E-state index contributed by atoms with van der Waals surface area (Å²) >= 11 is 12.7. The van der Waals surface area contributed by atoms with Crippen LogP contribution in [0.5, 0.6) is 5.75 Å². The van der Waals surface area contributed by atoms with Crippen LogP contribution in [0.1, 0.15) is 61.5 Å². The van der Waals surface area contributed by atoms with Crippen molar-refractivity contribution in [3.05, 3.63) is 87.2 Å². The topological polar surface area (TPSA) is 105 Å². The normalized spacial score (nSPS) is 24.8. The molecule has 0 saturated carbocycles. The summed E-state index contributed by atoms with van der Waals surface area (Å²) in [6, 6.07) is 14.9. The molecule has 0 radical (unpaired) electrons. The van der Waals surface area contributed by atoms with Gasteiger partial charge in [0.25, 0.3) is 0 Å². The largest absolute Gasteiger partial charge is 0.495 e. The highest BCUT2D eigenvalue weighted by molar-refractivity contribution is 6.31. The maximum atomic E-state index is 16.1. The number of hydrogen-bond donors (Lipinski definition) is 4. The van der Waals surface area contributed by atoms with Gasteiger partial charge in [0.05, 0.1) is 17.8 Å². The van der Waals surface area contributed by atoms with Gasteiger partial charge in [0.15, 0.2) is 0 Å². The lowest BCUT2D eigenvalue weighted by Gasteiger charge is -2.41. The van der Waals surface area contributed by atoms with Crippen molar-refractivity contribution in [2.45, 2.75) is 57.0 Å². The molecule has 0 aliphatic carbocycles. The van der Waals surface area contributed by atoms with E-state index < -0.39 is 34.5 Å². The number of anilines is 2. The zero-order chi connectivity index (χ0) is 30.6. The first-order chi connectivity index (χ1) is 19.7. The van der Waals surface area contributed by atoms with E-state index in [1.807, 2.05) is 18.2 Å². The summed E-state index contributed by atoms with van der Waals surface area (Å²) in [5.74, 6) is -1.99. The molecule has 10 heteroatoms. The molecule has 1 saturated heterocycles. The molecular formula is C32H35Cl2FN4O3. The minimum atomic E-state index is -1.32. The van der Waals surface area contributed by atoms with Crippen molar-refractivity contribution in [2.24, 2.45) is 11.1 Å². The summed E-state index contributed by atoms with van der Waals surface area (Å²) in [5, 5.41) is 10.7. The minimum Gasteiger partial charge on any atom is -0.495 e. The molecule has 0 unspecified atom stereocenters. The highest BCUT2D eigenvalue weighted by Crippen LogP contribution is 2.59. The van der Waals surface area contributed by atoms with Crippen molar-refractivity contribution in [3.8, 4) is 5.75 Å². The van der Waals surface area contributed by atoms with Crippen molar-refractivity contribution in [3.63, 3.8) is 0 Å². The van der Waals surface area contributed by atoms with Crippen LogP contribution in [-0.4, -0.2) is 37.0 Å². The summed E-state index contributed by atoms with van der Waals surface area (Å²) in [4.78, 5) is 26.2. The molecule has 2 amide bonds. The van der Waals surface area contributed by atoms with Gasteiger partial charge in [-0.05, 0) is 66.3 Å². The number of rotatable bonds is 6. The number of halogens is 3. The average molecular weight is 614 g/mol. The van der Waals surface area contributed by atoms with Gasteiger partial charge < -0.3 is 21.1 Å². The third kappa shape index (κ3) is 4.99. The lowest BCUT2D eigenvalue weighted by Crippen LogP contribution is -2.53. The van der Waals surface area contributed by atoms with Gasteiger partial charge in [0.2, 0.25) is 11.8 Å². The molecule has 7 nitrogen and oxygen atoms in total. The van der Waals surface area contributed by atoms with Gasteiger partial charge in [-0.1, -0.05) is 62.2 Å². The Morgan fingerprint density at radius 2 is 1.88 bits per heavy atom. The average Bonchev–Trinajstić information content (AvgIpc) is 3.40. The zero-order valence-electron chi connectivity index (χ0n) is 24.2. The lowest BCUT2D eigenvalue weighted by atomic mass is 9.60. The molecule has 3 aromatic carbocycles. The van der Waals surface area contributed by atoms with Gasteiger partial charge in [0, 0.05) is 40.2 Å². The fraction of sp³-hybridized carbons (Fsp3) is 0.375. The van der Waals surface area contributed by atoms with E-state index in [1.54, 1.807) is 25.1 Å². The summed E-state index contributed by atoms with van der Waals surface area (Å²) in [5.41, 5.74) is 5.99. The van der Waals surface area contributed by atoms with Gasteiger partial charge >= 0.3 is 0 Å². The number of methoxy groups -OCH3 is 1. The molecule has 2 aliphatic rings. The Kier molecular flexibility index (Phi) is 7.71. The number of nitrogens with one attached hydrogen (secondary N) is 3. The van der Waals surface area contributed by atoms with E-state index in [4.69, 9.17) is 33.7 Å². The molecule has 5 N–H and O–H groups in total. The van der Waals surface area contributed by atoms with Gasteiger partial charge in [-0.3, -0.25) is 14.9 Å². The number of primary amides is 1. The molecule has 2 aliphatic heterocycles.